The number of hydrogen-bond acceptors (Lipinski definition) is 3. The Bertz CT molecular complexity index is 596. The SMILES string of the molecule is CN1CCC(c2ccc(N(C)c3ccc(N)cc3)cc2)CC1. The molecule has 0 bridgehead atoms. The molecule has 1 aliphatic rings. The fourth-order valence-electron chi connectivity index (χ4n) is 3.16. The van der Waals surface area contributed by atoms with Gasteiger partial charge in [0.1, 0.15) is 0 Å². The summed E-state index contributed by atoms with van der Waals surface area (Å²) >= 11 is 0. The summed E-state index contributed by atoms with van der Waals surface area (Å²) in [5, 5.41) is 0. The highest BCUT2D eigenvalue weighted by Gasteiger charge is 2.18. The highest BCUT2D eigenvalue weighted by Crippen LogP contribution is 2.30. The van der Waals surface area contributed by atoms with Crippen LogP contribution in [0.5, 0.6) is 0 Å². The Balaban J connectivity index is 1.72. The molecule has 22 heavy (non-hydrogen) atoms. The second-order valence-corrected chi connectivity index (χ2v) is 6.32. The van der Waals surface area contributed by atoms with Crippen LogP contribution < -0.4 is 10.6 Å². The van der Waals surface area contributed by atoms with E-state index in [9.17, 15) is 0 Å². The third-order valence-electron chi connectivity index (χ3n) is 4.75. The normalized spacial score (nSPS) is 16.6. The van der Waals surface area contributed by atoms with Crippen LogP contribution in [0.15, 0.2) is 48.5 Å². The maximum Gasteiger partial charge on any atom is 0.0409 e. The Kier molecular flexibility index (Phi) is 4.34. The minimum absolute atomic E-state index is 0.715. The molecule has 0 aliphatic carbocycles. The Morgan fingerprint density at radius 3 is 1.95 bits per heavy atom. The molecule has 0 spiro atoms. The number of hydrogen-bond donors (Lipinski definition) is 1. The summed E-state index contributed by atoms with van der Waals surface area (Å²) in [4.78, 5) is 4.61. The highest BCUT2D eigenvalue weighted by atomic mass is 15.1. The zero-order valence-corrected chi connectivity index (χ0v) is 13.5. The Hall–Kier alpha value is -2.00. The number of benzene rings is 2. The lowest BCUT2D eigenvalue weighted by atomic mass is 9.89. The van der Waals surface area contributed by atoms with Gasteiger partial charge in [0, 0.05) is 24.1 Å². The summed E-state index contributed by atoms with van der Waals surface area (Å²) in [5.41, 5.74) is 10.4. The van der Waals surface area contributed by atoms with Crippen molar-refractivity contribution in [2.24, 2.45) is 0 Å². The molecule has 0 amide bonds. The summed E-state index contributed by atoms with van der Waals surface area (Å²) < 4.78 is 0. The molecule has 1 heterocycles. The molecule has 0 radical (unpaired) electrons. The summed E-state index contributed by atoms with van der Waals surface area (Å²) in [6.45, 7) is 2.41. The lowest BCUT2D eigenvalue weighted by Gasteiger charge is -2.29. The van der Waals surface area contributed by atoms with Crippen molar-refractivity contribution in [3.63, 3.8) is 0 Å². The predicted molar refractivity (Wildman–Crippen MR) is 94.8 cm³/mol. The molecule has 0 unspecified atom stereocenters. The monoisotopic (exact) mass is 295 g/mol. The van der Waals surface area contributed by atoms with Gasteiger partial charge in [0.15, 0.2) is 0 Å². The average molecular weight is 295 g/mol. The van der Waals surface area contributed by atoms with E-state index in [-0.39, 0.29) is 0 Å². The smallest absolute Gasteiger partial charge is 0.0409 e. The van der Waals surface area contributed by atoms with Crippen molar-refractivity contribution in [1.82, 2.24) is 4.90 Å². The quantitative estimate of drug-likeness (QED) is 0.873. The molecule has 2 aromatic carbocycles. The van der Waals surface area contributed by atoms with Gasteiger partial charge in [0.2, 0.25) is 0 Å². The zero-order chi connectivity index (χ0) is 15.5. The average Bonchev–Trinajstić information content (AvgIpc) is 2.56. The van der Waals surface area contributed by atoms with Crippen molar-refractivity contribution in [3.8, 4) is 0 Å². The van der Waals surface area contributed by atoms with Crippen LogP contribution in [0.3, 0.4) is 0 Å². The second kappa shape index (κ2) is 6.41. The predicted octanol–water partition coefficient (Wildman–Crippen LogP) is 3.85. The largest absolute Gasteiger partial charge is 0.399 e. The van der Waals surface area contributed by atoms with E-state index in [2.05, 4.69) is 60.3 Å². The molecule has 3 rings (SSSR count). The van der Waals surface area contributed by atoms with Crippen molar-refractivity contribution in [1.29, 1.82) is 0 Å². The standard InChI is InChI=1S/C19H25N3/c1-21-13-11-16(12-14-21)15-3-7-18(8-4-15)22(2)19-9-5-17(20)6-10-19/h3-10,16H,11-14,20H2,1-2H3. The molecule has 1 fully saturated rings. The molecular weight excluding hydrogens is 270 g/mol. The minimum Gasteiger partial charge on any atom is -0.399 e. The van der Waals surface area contributed by atoms with Crippen LogP contribution in [0, 0.1) is 0 Å². The number of likely N-dealkylation sites (tertiary alicyclic amines) is 1. The fourth-order valence-corrected chi connectivity index (χ4v) is 3.16. The molecule has 0 aromatic heterocycles. The van der Waals surface area contributed by atoms with Gasteiger partial charge in [-0.3, -0.25) is 0 Å². The number of nitrogen functional groups attached to an aromatic ring is 1. The maximum atomic E-state index is 5.76. The van der Waals surface area contributed by atoms with E-state index in [0.29, 0.717) is 5.92 Å². The summed E-state index contributed by atoms with van der Waals surface area (Å²) in [5.74, 6) is 0.715. The first-order valence-electron chi connectivity index (χ1n) is 8.01. The van der Waals surface area contributed by atoms with Gasteiger partial charge < -0.3 is 15.5 Å². The molecule has 3 nitrogen and oxygen atoms in total. The molecular formula is C19H25N3. The summed E-state index contributed by atoms with van der Waals surface area (Å²) in [6, 6.07) is 17.0. The Morgan fingerprint density at radius 2 is 1.41 bits per heavy atom. The van der Waals surface area contributed by atoms with Crippen molar-refractivity contribution in [3.05, 3.63) is 54.1 Å². The van der Waals surface area contributed by atoms with E-state index < -0.39 is 0 Å². The Morgan fingerprint density at radius 1 is 0.909 bits per heavy atom. The third kappa shape index (κ3) is 3.25. The van der Waals surface area contributed by atoms with Crippen LogP contribution in [0.2, 0.25) is 0 Å². The lowest BCUT2D eigenvalue weighted by molar-refractivity contribution is 0.255. The van der Waals surface area contributed by atoms with E-state index >= 15 is 0 Å². The van der Waals surface area contributed by atoms with Gasteiger partial charge in [0.05, 0.1) is 0 Å². The van der Waals surface area contributed by atoms with Crippen molar-refractivity contribution in [2.75, 3.05) is 37.8 Å². The van der Waals surface area contributed by atoms with Crippen LogP contribution in [-0.2, 0) is 0 Å². The number of piperidine rings is 1. The topological polar surface area (TPSA) is 32.5 Å². The van der Waals surface area contributed by atoms with E-state index in [0.717, 1.165) is 11.4 Å². The van der Waals surface area contributed by atoms with E-state index in [1.54, 1.807) is 0 Å². The highest BCUT2D eigenvalue weighted by molar-refractivity contribution is 5.64. The first-order valence-corrected chi connectivity index (χ1v) is 8.01. The summed E-state index contributed by atoms with van der Waals surface area (Å²) in [7, 11) is 4.30. The van der Waals surface area contributed by atoms with E-state index in [4.69, 9.17) is 5.73 Å². The van der Waals surface area contributed by atoms with Gasteiger partial charge in [-0.25, -0.2) is 0 Å². The van der Waals surface area contributed by atoms with Crippen molar-refractivity contribution < 1.29 is 0 Å². The van der Waals surface area contributed by atoms with Gasteiger partial charge >= 0.3 is 0 Å². The number of nitrogens with two attached hydrogens (primary N) is 1. The van der Waals surface area contributed by atoms with Gasteiger partial charge in [-0.15, -0.1) is 0 Å². The molecule has 0 atom stereocenters. The van der Waals surface area contributed by atoms with Crippen LogP contribution in [-0.4, -0.2) is 32.1 Å². The second-order valence-electron chi connectivity index (χ2n) is 6.32. The number of rotatable bonds is 3. The maximum absolute atomic E-state index is 5.76. The first-order chi connectivity index (χ1) is 10.6. The van der Waals surface area contributed by atoms with Crippen molar-refractivity contribution >= 4 is 17.1 Å². The van der Waals surface area contributed by atoms with E-state index in [1.807, 2.05) is 12.1 Å². The molecule has 3 heteroatoms. The van der Waals surface area contributed by atoms with Gasteiger partial charge in [0.25, 0.3) is 0 Å². The molecule has 2 aromatic rings. The molecule has 1 saturated heterocycles. The summed E-state index contributed by atoms with van der Waals surface area (Å²) in [6.07, 6.45) is 2.54. The fraction of sp³-hybridized carbons (Fsp3) is 0.368. The van der Waals surface area contributed by atoms with Crippen molar-refractivity contribution in [2.45, 2.75) is 18.8 Å². The van der Waals surface area contributed by atoms with Crippen LogP contribution in [0.1, 0.15) is 24.3 Å². The first kappa shape index (κ1) is 14.9. The lowest BCUT2D eigenvalue weighted by Crippen LogP contribution is -2.29. The molecule has 1 aliphatic heterocycles. The van der Waals surface area contributed by atoms with Gasteiger partial charge in [-0.2, -0.15) is 0 Å². The van der Waals surface area contributed by atoms with Crippen LogP contribution in [0.25, 0.3) is 0 Å². The van der Waals surface area contributed by atoms with Crippen LogP contribution >= 0.6 is 0 Å². The molecule has 2 N–H and O–H groups in total. The Labute approximate surface area is 133 Å². The van der Waals surface area contributed by atoms with Gasteiger partial charge in [-0.1, -0.05) is 12.1 Å². The molecule has 0 saturated carbocycles. The van der Waals surface area contributed by atoms with Gasteiger partial charge in [-0.05, 0) is 80.9 Å². The van der Waals surface area contributed by atoms with Crippen LogP contribution in [0.4, 0.5) is 17.1 Å². The number of nitrogens with zero attached hydrogens (tertiary/aromatic N) is 2. The number of anilines is 3. The zero-order valence-electron chi connectivity index (χ0n) is 13.5. The minimum atomic E-state index is 0.715. The van der Waals surface area contributed by atoms with E-state index in [1.165, 1.54) is 37.2 Å². The third-order valence-corrected chi connectivity index (χ3v) is 4.75. The molecule has 116 valence electrons.